The smallest absolute Gasteiger partial charge is 0.159 e. The van der Waals surface area contributed by atoms with Gasteiger partial charge in [0, 0.05) is 22.3 Å². The lowest BCUT2D eigenvalue weighted by Crippen LogP contribution is -2.00. The molecular formula is C15H14F2O2S. The summed E-state index contributed by atoms with van der Waals surface area (Å²) in [5.74, 6) is -1.31. The van der Waals surface area contributed by atoms with E-state index in [-0.39, 0.29) is 12.4 Å². The average molecular weight is 296 g/mol. The predicted octanol–water partition coefficient (Wildman–Crippen LogP) is 2.91. The van der Waals surface area contributed by atoms with Crippen LogP contribution in [0.25, 0.3) is 0 Å². The van der Waals surface area contributed by atoms with Crippen molar-refractivity contribution in [1.82, 2.24) is 0 Å². The first-order valence-electron chi connectivity index (χ1n) is 6.06. The molecule has 0 aromatic heterocycles. The molecule has 0 aliphatic heterocycles. The van der Waals surface area contributed by atoms with Crippen LogP contribution in [0, 0.1) is 11.6 Å². The van der Waals surface area contributed by atoms with Gasteiger partial charge in [0.25, 0.3) is 0 Å². The van der Waals surface area contributed by atoms with Gasteiger partial charge in [-0.25, -0.2) is 8.78 Å². The fourth-order valence-electron chi connectivity index (χ4n) is 1.79. The van der Waals surface area contributed by atoms with Gasteiger partial charge in [-0.3, -0.25) is 4.21 Å². The van der Waals surface area contributed by atoms with Crippen molar-refractivity contribution in [2.45, 2.75) is 18.1 Å². The molecule has 2 aromatic carbocycles. The van der Waals surface area contributed by atoms with Crippen LogP contribution in [-0.4, -0.2) is 9.32 Å². The third kappa shape index (κ3) is 3.95. The molecule has 1 unspecified atom stereocenters. The molecule has 0 fully saturated rings. The van der Waals surface area contributed by atoms with E-state index in [1.54, 1.807) is 24.3 Å². The number of aliphatic hydroxyl groups is 1. The van der Waals surface area contributed by atoms with Crippen molar-refractivity contribution >= 4 is 10.8 Å². The normalized spacial score (nSPS) is 12.3. The zero-order valence-corrected chi connectivity index (χ0v) is 11.5. The maximum absolute atomic E-state index is 13.0. The van der Waals surface area contributed by atoms with Crippen molar-refractivity contribution < 1.29 is 18.1 Å². The van der Waals surface area contributed by atoms with Crippen molar-refractivity contribution in [1.29, 1.82) is 0 Å². The minimum absolute atomic E-state index is 0.0295. The fraction of sp³-hybridized carbons (Fsp3) is 0.200. The van der Waals surface area contributed by atoms with Crippen LogP contribution in [0.5, 0.6) is 0 Å². The summed E-state index contributed by atoms with van der Waals surface area (Å²) in [5, 5.41) is 8.93. The Labute approximate surface area is 118 Å². The second-order valence-corrected chi connectivity index (χ2v) is 5.91. The molecule has 0 heterocycles. The van der Waals surface area contributed by atoms with E-state index in [1.807, 2.05) is 0 Å². The van der Waals surface area contributed by atoms with Crippen LogP contribution in [0.1, 0.15) is 16.7 Å². The summed E-state index contributed by atoms with van der Waals surface area (Å²) in [7, 11) is -1.20. The summed E-state index contributed by atoms with van der Waals surface area (Å²) in [5.41, 5.74) is 2.18. The van der Waals surface area contributed by atoms with Crippen LogP contribution in [0.15, 0.2) is 42.5 Å². The van der Waals surface area contributed by atoms with E-state index in [2.05, 4.69) is 0 Å². The lowest BCUT2D eigenvalue weighted by molar-refractivity contribution is 0.282. The standard InChI is InChI=1S/C15H14F2O2S/c16-14-6-5-13(7-15(14)17)10-20(19)9-12-3-1-11(8-18)2-4-12/h1-7,18H,8-10H2. The van der Waals surface area contributed by atoms with E-state index in [9.17, 15) is 13.0 Å². The van der Waals surface area contributed by atoms with Gasteiger partial charge in [-0.05, 0) is 28.8 Å². The first kappa shape index (κ1) is 14.8. The van der Waals surface area contributed by atoms with Gasteiger partial charge in [-0.15, -0.1) is 0 Å². The van der Waals surface area contributed by atoms with Gasteiger partial charge in [0.15, 0.2) is 11.6 Å². The van der Waals surface area contributed by atoms with Crippen molar-refractivity contribution in [3.05, 3.63) is 70.8 Å². The van der Waals surface area contributed by atoms with Gasteiger partial charge >= 0.3 is 0 Å². The van der Waals surface area contributed by atoms with Crippen LogP contribution in [0.2, 0.25) is 0 Å². The molecule has 20 heavy (non-hydrogen) atoms. The highest BCUT2D eigenvalue weighted by Gasteiger charge is 2.07. The molecule has 2 nitrogen and oxygen atoms in total. The van der Waals surface area contributed by atoms with E-state index in [0.29, 0.717) is 11.3 Å². The topological polar surface area (TPSA) is 37.3 Å². The molecule has 1 N–H and O–H groups in total. The van der Waals surface area contributed by atoms with Crippen LogP contribution in [-0.2, 0) is 28.9 Å². The van der Waals surface area contributed by atoms with E-state index in [4.69, 9.17) is 5.11 Å². The third-order valence-corrected chi connectivity index (χ3v) is 4.16. The molecule has 0 saturated heterocycles. The molecule has 0 amide bonds. The van der Waals surface area contributed by atoms with Crippen molar-refractivity contribution in [3.63, 3.8) is 0 Å². The molecule has 0 aliphatic carbocycles. The van der Waals surface area contributed by atoms with E-state index >= 15 is 0 Å². The quantitative estimate of drug-likeness (QED) is 0.921. The van der Waals surface area contributed by atoms with Gasteiger partial charge in [0.05, 0.1) is 6.61 Å². The van der Waals surface area contributed by atoms with Crippen LogP contribution < -0.4 is 0 Å². The predicted molar refractivity (Wildman–Crippen MR) is 74.3 cm³/mol. The van der Waals surface area contributed by atoms with Gasteiger partial charge in [0.1, 0.15) is 0 Å². The second-order valence-electron chi connectivity index (χ2n) is 4.45. The number of hydrogen-bond donors (Lipinski definition) is 1. The summed E-state index contributed by atoms with van der Waals surface area (Å²) >= 11 is 0. The molecule has 0 aliphatic rings. The van der Waals surface area contributed by atoms with Crippen molar-refractivity contribution in [2.75, 3.05) is 0 Å². The molecule has 0 saturated carbocycles. The Morgan fingerprint density at radius 2 is 1.40 bits per heavy atom. The number of benzene rings is 2. The third-order valence-electron chi connectivity index (χ3n) is 2.84. The fourth-order valence-corrected chi connectivity index (χ4v) is 3.01. The first-order valence-corrected chi connectivity index (χ1v) is 7.55. The van der Waals surface area contributed by atoms with Crippen LogP contribution in [0.3, 0.4) is 0 Å². The monoisotopic (exact) mass is 296 g/mol. The van der Waals surface area contributed by atoms with Gasteiger partial charge in [-0.1, -0.05) is 30.3 Å². The summed E-state index contributed by atoms with van der Waals surface area (Å²) in [4.78, 5) is 0. The number of aliphatic hydroxyl groups excluding tert-OH is 1. The highest BCUT2D eigenvalue weighted by Crippen LogP contribution is 2.13. The molecule has 1 atom stereocenters. The van der Waals surface area contributed by atoms with Crippen LogP contribution >= 0.6 is 0 Å². The van der Waals surface area contributed by atoms with E-state index in [0.717, 1.165) is 23.3 Å². The Morgan fingerprint density at radius 3 is 2.00 bits per heavy atom. The summed E-state index contributed by atoms with van der Waals surface area (Å²) in [6.07, 6.45) is 0. The van der Waals surface area contributed by atoms with Crippen molar-refractivity contribution in [2.24, 2.45) is 0 Å². The summed E-state index contributed by atoms with van der Waals surface area (Å²) < 4.78 is 37.8. The largest absolute Gasteiger partial charge is 0.392 e. The zero-order chi connectivity index (χ0) is 14.5. The Kier molecular flexibility index (Phi) is 4.98. The van der Waals surface area contributed by atoms with E-state index in [1.165, 1.54) is 6.07 Å². The Balaban J connectivity index is 1.99. The molecule has 2 rings (SSSR count). The highest BCUT2D eigenvalue weighted by molar-refractivity contribution is 7.83. The SMILES string of the molecule is O=S(Cc1ccc(CO)cc1)Cc1ccc(F)c(F)c1. The molecule has 0 bridgehead atoms. The molecule has 0 spiro atoms. The molecule has 0 radical (unpaired) electrons. The van der Waals surface area contributed by atoms with Gasteiger partial charge in [-0.2, -0.15) is 0 Å². The van der Waals surface area contributed by atoms with E-state index < -0.39 is 22.4 Å². The van der Waals surface area contributed by atoms with Gasteiger partial charge in [0.2, 0.25) is 0 Å². The highest BCUT2D eigenvalue weighted by atomic mass is 32.2. The second kappa shape index (κ2) is 6.72. The maximum Gasteiger partial charge on any atom is 0.159 e. The number of hydrogen-bond acceptors (Lipinski definition) is 2. The summed E-state index contributed by atoms with van der Waals surface area (Å²) in [6, 6.07) is 10.7. The molecule has 106 valence electrons. The van der Waals surface area contributed by atoms with Crippen molar-refractivity contribution in [3.8, 4) is 0 Å². The molecular weight excluding hydrogens is 282 g/mol. The Morgan fingerprint density at radius 1 is 0.850 bits per heavy atom. The summed E-state index contributed by atoms with van der Waals surface area (Å²) in [6.45, 7) is -0.0295. The molecule has 2 aromatic rings. The van der Waals surface area contributed by atoms with Gasteiger partial charge < -0.3 is 5.11 Å². The zero-order valence-electron chi connectivity index (χ0n) is 10.7. The lowest BCUT2D eigenvalue weighted by Gasteiger charge is -2.04. The lowest BCUT2D eigenvalue weighted by atomic mass is 10.2. The maximum atomic E-state index is 13.0. The molecule has 5 heteroatoms. The number of halogens is 2. The Bertz CT molecular complexity index is 612. The number of rotatable bonds is 5. The average Bonchev–Trinajstić information content (AvgIpc) is 2.44. The minimum Gasteiger partial charge on any atom is -0.392 e. The minimum atomic E-state index is -1.20. The Hall–Kier alpha value is -1.59. The van der Waals surface area contributed by atoms with Crippen LogP contribution in [0.4, 0.5) is 8.78 Å². The first-order chi connectivity index (χ1) is 9.58.